The second-order valence-electron chi connectivity index (χ2n) is 26.9. The van der Waals surface area contributed by atoms with E-state index in [-0.39, 0.29) is 59.2 Å². The molecule has 0 unspecified atom stereocenters. The molecule has 0 saturated heterocycles. The van der Waals surface area contributed by atoms with Gasteiger partial charge >= 0.3 is 25.5 Å². The zero-order valence-electron chi connectivity index (χ0n) is 51.2. The van der Waals surface area contributed by atoms with Gasteiger partial charge in [0.2, 0.25) is 7.44 Å². The lowest BCUT2D eigenvalue weighted by atomic mass is 9.67. The molecule has 0 bridgehead atoms. The number of esters is 3. The van der Waals surface area contributed by atoms with Crippen LogP contribution in [0.3, 0.4) is 0 Å². The number of anilines is 2. The number of imidazole rings is 2. The molecule has 82 heavy (non-hydrogen) atoms. The number of alkyl halides is 1. The Morgan fingerprint density at radius 3 is 1.21 bits per heavy atom. The number of ether oxygens (including phenoxy) is 5. The van der Waals surface area contributed by atoms with Gasteiger partial charge in [-0.15, -0.1) is 11.6 Å². The maximum Gasteiger partial charge on any atom is 0.350 e. The number of fused-ring (bicyclic) bond motifs is 2. The number of halogens is 1. The van der Waals surface area contributed by atoms with E-state index >= 15 is 0 Å². The molecule has 3 aliphatic carbocycles. The average Bonchev–Trinajstić information content (AvgIpc) is 3.88. The fourth-order valence-corrected chi connectivity index (χ4v) is 12.4. The normalized spacial score (nSPS) is 22.0. The summed E-state index contributed by atoms with van der Waals surface area (Å²) in [5, 5.41) is 6.03. The summed E-state index contributed by atoms with van der Waals surface area (Å²) in [6, 6.07) is 0. The Morgan fingerprint density at radius 2 is 0.902 bits per heavy atom. The first-order valence-corrected chi connectivity index (χ1v) is 31.6. The third-order valence-electron chi connectivity index (χ3n) is 15.0. The van der Waals surface area contributed by atoms with Gasteiger partial charge in [0.15, 0.2) is 22.9 Å². The minimum atomic E-state index is -4.16. The summed E-state index contributed by atoms with van der Waals surface area (Å²) < 4.78 is 57.1. The van der Waals surface area contributed by atoms with Crippen molar-refractivity contribution in [3.05, 3.63) is 25.3 Å². The number of nitrogens with two attached hydrogens (primary N) is 2. The molecule has 4 aromatic rings. The molecule has 0 aliphatic heterocycles. The Balaban J connectivity index is 0.000000335. The Hall–Kier alpha value is -4.42. The van der Waals surface area contributed by atoms with E-state index in [1.807, 2.05) is 6.92 Å². The van der Waals surface area contributed by atoms with Crippen molar-refractivity contribution in [1.29, 1.82) is 0 Å². The summed E-state index contributed by atoms with van der Waals surface area (Å²) in [5.74, 6) is 0.814. The van der Waals surface area contributed by atoms with Crippen LogP contribution >= 0.6 is 26.6 Å². The molecule has 4 heterocycles. The molecule has 25 nitrogen and oxygen atoms in total. The molecule has 0 spiro atoms. The van der Waals surface area contributed by atoms with Crippen molar-refractivity contribution < 1.29 is 57.0 Å². The minimum absolute atomic E-state index is 0. The number of nitrogens with one attached hydrogen (secondary N) is 2. The predicted molar refractivity (Wildman–Crippen MR) is 316 cm³/mol. The Bertz CT molecular complexity index is 2830. The van der Waals surface area contributed by atoms with Gasteiger partial charge in [-0.3, -0.25) is 23.5 Å². The number of carbonyl (C=O) groups is 3. The van der Waals surface area contributed by atoms with Crippen molar-refractivity contribution in [1.82, 2.24) is 55.4 Å². The quantitative estimate of drug-likeness (QED) is 0.0188. The average molecular weight is 1210 g/mol. The van der Waals surface area contributed by atoms with Crippen molar-refractivity contribution in [3.8, 4) is 0 Å². The van der Waals surface area contributed by atoms with Crippen LogP contribution in [0.4, 0.5) is 11.6 Å². The van der Waals surface area contributed by atoms with Crippen molar-refractivity contribution >= 4 is 78.5 Å². The predicted octanol–water partition coefficient (Wildman–Crippen LogP) is 8.92. The second-order valence-corrected chi connectivity index (χ2v) is 31.6. The first-order valence-electron chi connectivity index (χ1n) is 27.6. The van der Waals surface area contributed by atoms with Gasteiger partial charge in [0.1, 0.15) is 70.6 Å². The van der Waals surface area contributed by atoms with E-state index in [1.165, 1.54) is 19.0 Å². The summed E-state index contributed by atoms with van der Waals surface area (Å²) in [5.41, 5.74) is 11.5. The van der Waals surface area contributed by atoms with Gasteiger partial charge in [-0.05, 0) is 128 Å². The fourth-order valence-electron chi connectivity index (χ4n) is 9.26. The molecule has 0 radical (unpaired) electrons. The zero-order chi connectivity index (χ0) is 61.1. The van der Waals surface area contributed by atoms with Crippen LogP contribution in [0.2, 0.25) is 0 Å². The largest absolute Gasteiger partial charge is 0.461 e. The smallest absolute Gasteiger partial charge is 0.350 e. The lowest BCUT2D eigenvalue weighted by Gasteiger charge is -2.44. The van der Waals surface area contributed by atoms with Crippen LogP contribution in [-0.4, -0.2) is 126 Å². The molecular weight excluding hydrogens is 1120 g/mol. The monoisotopic (exact) mass is 1210 g/mol. The summed E-state index contributed by atoms with van der Waals surface area (Å²) >= 11 is 5.86. The van der Waals surface area contributed by atoms with Crippen molar-refractivity contribution in [2.45, 2.75) is 216 Å². The van der Waals surface area contributed by atoms with Crippen LogP contribution in [0.25, 0.3) is 22.3 Å². The van der Waals surface area contributed by atoms with E-state index in [0.29, 0.717) is 58.6 Å². The van der Waals surface area contributed by atoms with E-state index in [9.17, 15) is 23.5 Å². The maximum atomic E-state index is 14.7. The number of aromatic nitrogens is 8. The second kappa shape index (κ2) is 26.9. The van der Waals surface area contributed by atoms with Crippen LogP contribution in [0.15, 0.2) is 25.3 Å². The lowest BCUT2D eigenvalue weighted by molar-refractivity contribution is -0.164. The molecular formula is C54H94ClN13O12P2. The molecule has 464 valence electrons. The van der Waals surface area contributed by atoms with Crippen LogP contribution in [0.5, 0.6) is 0 Å². The molecule has 3 saturated carbocycles. The summed E-state index contributed by atoms with van der Waals surface area (Å²) in [4.78, 5) is 79.4. The molecule has 2 atom stereocenters. The van der Waals surface area contributed by atoms with Gasteiger partial charge in [-0.1, -0.05) is 62.3 Å². The molecule has 4 aromatic heterocycles. The van der Waals surface area contributed by atoms with Crippen LogP contribution in [0, 0.1) is 34.0 Å². The SMILES string of the molecule is CC(C)(Cl)C(=O)OC1CC(C(C)(C)C)C1.C[C@H](Cn1cnc2c(N)ncnc21)OCP(=O)(NC(C)(C)C(=O)OC1CC(C(C)(C)C)C1)NC(C)(C)C(=O)OC1CC(C(C)(C)C)C1.C[C@H](Cn1cnc2c(N)ncnc21)OCP(=O)(O)O.N. The highest BCUT2D eigenvalue weighted by atomic mass is 35.5. The molecule has 0 amide bonds. The van der Waals surface area contributed by atoms with E-state index < -0.39 is 61.5 Å². The Labute approximate surface area is 488 Å². The van der Waals surface area contributed by atoms with Gasteiger partial charge in [0, 0.05) is 0 Å². The highest BCUT2D eigenvalue weighted by molar-refractivity contribution is 7.59. The molecule has 0 aromatic carbocycles. The highest BCUT2D eigenvalue weighted by Crippen LogP contribution is 2.47. The zero-order valence-corrected chi connectivity index (χ0v) is 53.7. The van der Waals surface area contributed by atoms with Crippen LogP contribution in [-0.2, 0) is 60.3 Å². The number of hydrogen-bond donors (Lipinski definition) is 7. The van der Waals surface area contributed by atoms with Gasteiger partial charge in [0.25, 0.3) is 0 Å². The number of rotatable bonds is 20. The molecule has 11 N–H and O–H groups in total. The third-order valence-corrected chi connectivity index (χ3v) is 18.0. The van der Waals surface area contributed by atoms with Gasteiger partial charge in [-0.2, -0.15) is 0 Å². The Morgan fingerprint density at radius 1 is 0.585 bits per heavy atom. The minimum Gasteiger partial charge on any atom is -0.461 e. The van der Waals surface area contributed by atoms with Crippen molar-refractivity contribution in [3.63, 3.8) is 0 Å². The topological polar surface area (TPSA) is 370 Å². The van der Waals surface area contributed by atoms with E-state index in [4.69, 9.17) is 56.5 Å². The van der Waals surface area contributed by atoms with E-state index in [0.717, 1.165) is 38.5 Å². The first kappa shape index (κ1) is 70.1. The highest BCUT2D eigenvalue weighted by Gasteiger charge is 2.48. The number of carbonyl (C=O) groups excluding carboxylic acids is 3. The van der Waals surface area contributed by atoms with Crippen molar-refractivity contribution in [2.24, 2.45) is 34.0 Å². The maximum absolute atomic E-state index is 14.7. The van der Waals surface area contributed by atoms with Crippen LogP contribution < -0.4 is 27.8 Å². The fraction of sp³-hybridized carbons (Fsp3) is 0.759. The summed E-state index contributed by atoms with van der Waals surface area (Å²) in [6.45, 7) is 33.8. The van der Waals surface area contributed by atoms with E-state index in [1.54, 1.807) is 63.9 Å². The molecule has 3 fully saturated rings. The Kier molecular flexibility index (Phi) is 23.0. The lowest BCUT2D eigenvalue weighted by Crippen LogP contribution is -2.55. The molecule has 7 rings (SSSR count). The van der Waals surface area contributed by atoms with Crippen molar-refractivity contribution in [2.75, 3.05) is 24.2 Å². The van der Waals surface area contributed by atoms with Gasteiger partial charge in [-0.25, -0.2) is 40.1 Å². The standard InChI is InChI=1S/C33H56N7O6P.C12H21ClO2.C9H14N5O4P.H3N/c1-20(16-40-18-37-25-26(34)35-17-36-27(25)40)44-19-47(43,38-32(8,9)28(41)45-23-12-21(13-23)30(2,3)4)39-33(10,11)29(42)46-24-14-22(15-24)31(5,6)7;1-11(2,3)8-6-9(7-8)15-10(14)12(4,5)13;1-6(18-5-19(15,16)17)2-14-4-13-7-8(10)11-3-12-9(7)14;/h17-18,20-24H,12-16,19H2,1-11H3,(H2,34,35,36)(H2,38,39,43);8-9H,6-7H2,1-5H3;3-4,6H,2,5H2,1H3,(H2,10,11,12)(H2,15,16,17);1H3/t20-,21?,22?,23?,24?,47?;;6-;/m1.1./s1. The third kappa shape index (κ3) is 19.8. The summed E-state index contributed by atoms with van der Waals surface area (Å²) in [6.07, 6.45) is 8.84. The summed E-state index contributed by atoms with van der Waals surface area (Å²) in [7, 11) is -7.97. The number of nitrogen functional groups attached to an aromatic ring is 2. The van der Waals surface area contributed by atoms with Gasteiger partial charge < -0.3 is 60.2 Å². The van der Waals surface area contributed by atoms with Crippen LogP contribution in [0.1, 0.15) is 156 Å². The first-order chi connectivity index (χ1) is 37.0. The number of hydrogen-bond acceptors (Lipinski definition) is 19. The van der Waals surface area contributed by atoms with Gasteiger partial charge in [0.05, 0.1) is 38.0 Å². The molecule has 28 heteroatoms. The molecule has 3 aliphatic rings. The number of nitrogens with zero attached hydrogens (tertiary/aromatic N) is 8. The van der Waals surface area contributed by atoms with E-state index in [2.05, 4.69) is 102 Å².